The Morgan fingerprint density at radius 3 is 2.32 bits per heavy atom. The quantitative estimate of drug-likeness (QED) is 0.495. The van der Waals surface area contributed by atoms with Crippen molar-refractivity contribution in [1.82, 2.24) is 10.2 Å². The number of amides is 2. The number of halogens is 1. The minimum Gasteiger partial charge on any atom is -0.352 e. The van der Waals surface area contributed by atoms with Crippen LogP contribution in [0, 0.1) is 6.92 Å². The number of hydrogen-bond donors (Lipinski definition) is 1. The molecule has 0 saturated heterocycles. The van der Waals surface area contributed by atoms with Gasteiger partial charge in [0.15, 0.2) is 0 Å². The van der Waals surface area contributed by atoms with Crippen molar-refractivity contribution in [3.63, 3.8) is 0 Å². The van der Waals surface area contributed by atoms with Crippen molar-refractivity contribution in [1.29, 1.82) is 0 Å². The summed E-state index contributed by atoms with van der Waals surface area (Å²) < 4.78 is 26.2. The maximum absolute atomic E-state index is 13.2. The van der Waals surface area contributed by atoms with E-state index < -0.39 is 16.1 Å². The highest BCUT2D eigenvalue weighted by molar-refractivity contribution is 7.92. The molecule has 0 fully saturated rings. The van der Waals surface area contributed by atoms with Crippen LogP contribution in [0.25, 0.3) is 0 Å². The summed E-state index contributed by atoms with van der Waals surface area (Å²) in [6.45, 7) is 7.64. The van der Waals surface area contributed by atoms with Gasteiger partial charge in [-0.25, -0.2) is 8.42 Å². The molecule has 0 aliphatic rings. The molecule has 1 unspecified atom stereocenters. The maximum Gasteiger partial charge on any atom is 0.242 e. The molecular weight excluding hydrogens is 474 g/mol. The van der Waals surface area contributed by atoms with Crippen molar-refractivity contribution in [2.45, 2.75) is 59.2 Å². The van der Waals surface area contributed by atoms with E-state index in [2.05, 4.69) is 5.32 Å². The fourth-order valence-electron chi connectivity index (χ4n) is 3.65. The molecule has 0 aromatic heterocycles. The molecule has 0 bridgehead atoms. The number of hydrogen-bond acceptors (Lipinski definition) is 4. The van der Waals surface area contributed by atoms with E-state index in [1.54, 1.807) is 37.3 Å². The lowest BCUT2D eigenvalue weighted by Crippen LogP contribution is -2.49. The maximum atomic E-state index is 13.2. The number of nitrogens with one attached hydrogen (secondary N) is 1. The van der Waals surface area contributed by atoms with E-state index in [0.717, 1.165) is 17.4 Å². The van der Waals surface area contributed by atoms with Crippen molar-refractivity contribution < 1.29 is 18.0 Å². The third-order valence-corrected chi connectivity index (χ3v) is 6.79. The first-order valence-corrected chi connectivity index (χ1v) is 13.5. The van der Waals surface area contributed by atoms with Crippen LogP contribution in [0.15, 0.2) is 48.5 Å². The lowest BCUT2D eigenvalue weighted by atomic mass is 10.1. The van der Waals surface area contributed by atoms with Crippen molar-refractivity contribution in [3.8, 4) is 0 Å². The number of benzene rings is 2. The van der Waals surface area contributed by atoms with Crippen LogP contribution in [0.2, 0.25) is 5.02 Å². The Morgan fingerprint density at radius 2 is 1.74 bits per heavy atom. The highest BCUT2D eigenvalue weighted by atomic mass is 35.5. The Hall–Kier alpha value is -2.58. The van der Waals surface area contributed by atoms with E-state index in [1.807, 2.05) is 39.0 Å². The molecule has 0 radical (unpaired) electrons. The van der Waals surface area contributed by atoms with Gasteiger partial charge in [-0.2, -0.15) is 0 Å². The Bertz CT molecular complexity index is 1100. The average molecular weight is 508 g/mol. The Labute approximate surface area is 208 Å². The molecule has 2 aromatic rings. The predicted octanol–water partition coefficient (Wildman–Crippen LogP) is 4.14. The summed E-state index contributed by atoms with van der Waals surface area (Å²) >= 11 is 6.11. The summed E-state index contributed by atoms with van der Waals surface area (Å²) in [5, 5.41) is 3.40. The summed E-state index contributed by atoms with van der Waals surface area (Å²) in [6, 6.07) is 13.6. The number of aryl methyl sites for hydroxylation is 1. The van der Waals surface area contributed by atoms with Gasteiger partial charge in [-0.1, -0.05) is 41.9 Å². The van der Waals surface area contributed by atoms with Gasteiger partial charge in [0.2, 0.25) is 21.8 Å². The van der Waals surface area contributed by atoms with Crippen molar-refractivity contribution in [3.05, 3.63) is 64.7 Å². The Kier molecular flexibility index (Phi) is 9.94. The van der Waals surface area contributed by atoms with Gasteiger partial charge in [0, 0.05) is 30.6 Å². The van der Waals surface area contributed by atoms with Crippen LogP contribution in [0.1, 0.15) is 44.7 Å². The summed E-state index contributed by atoms with van der Waals surface area (Å²) in [7, 11) is -3.53. The monoisotopic (exact) mass is 507 g/mol. The predicted molar refractivity (Wildman–Crippen MR) is 137 cm³/mol. The standard InChI is InChI=1S/C25H34ClN3O4S/c1-18(2)27-25(31)20(4)28(17-21-11-8-12-22(26)16-21)24(30)14-9-15-29(34(5,32)33)23-13-7-6-10-19(23)3/h6-8,10-13,16,18,20H,9,14-15,17H2,1-5H3,(H,27,31). The summed E-state index contributed by atoms with van der Waals surface area (Å²) in [4.78, 5) is 27.4. The minimum absolute atomic E-state index is 0.0597. The van der Waals surface area contributed by atoms with Gasteiger partial charge < -0.3 is 10.2 Å². The second kappa shape index (κ2) is 12.2. The molecule has 0 saturated carbocycles. The van der Waals surface area contributed by atoms with Crippen LogP contribution in [-0.2, 0) is 26.2 Å². The SMILES string of the molecule is Cc1ccccc1N(CCCC(=O)N(Cc1cccc(Cl)c1)C(C)C(=O)NC(C)C)S(C)(=O)=O. The zero-order valence-corrected chi connectivity index (χ0v) is 22.0. The molecular formula is C25H34ClN3O4S. The highest BCUT2D eigenvalue weighted by Crippen LogP contribution is 2.23. The number of rotatable bonds is 11. The second-order valence-electron chi connectivity index (χ2n) is 8.72. The third kappa shape index (κ3) is 8.02. The van der Waals surface area contributed by atoms with Crippen molar-refractivity contribution in [2.75, 3.05) is 17.1 Å². The van der Waals surface area contributed by atoms with Gasteiger partial charge in [-0.15, -0.1) is 0 Å². The third-order valence-electron chi connectivity index (χ3n) is 5.38. The lowest BCUT2D eigenvalue weighted by molar-refractivity contribution is -0.140. The van der Waals surface area contributed by atoms with Gasteiger partial charge in [-0.3, -0.25) is 13.9 Å². The molecule has 0 spiro atoms. The molecule has 0 heterocycles. The van der Waals surface area contributed by atoms with Crippen LogP contribution in [-0.4, -0.2) is 50.0 Å². The molecule has 34 heavy (non-hydrogen) atoms. The molecule has 0 aliphatic carbocycles. The highest BCUT2D eigenvalue weighted by Gasteiger charge is 2.27. The molecule has 9 heteroatoms. The van der Waals surface area contributed by atoms with Crippen LogP contribution in [0.5, 0.6) is 0 Å². The van der Waals surface area contributed by atoms with Crippen molar-refractivity contribution in [2.24, 2.45) is 0 Å². The number of carbonyl (C=O) groups excluding carboxylic acids is 2. The largest absolute Gasteiger partial charge is 0.352 e. The summed E-state index contributed by atoms with van der Waals surface area (Å²) in [6.07, 6.45) is 1.56. The lowest BCUT2D eigenvalue weighted by Gasteiger charge is -2.30. The number of carbonyl (C=O) groups is 2. The van der Waals surface area contributed by atoms with Crippen LogP contribution >= 0.6 is 11.6 Å². The van der Waals surface area contributed by atoms with Gasteiger partial charge in [-0.05, 0) is 63.4 Å². The fourth-order valence-corrected chi connectivity index (χ4v) is 4.88. The van der Waals surface area contributed by atoms with Crippen LogP contribution < -0.4 is 9.62 Å². The van der Waals surface area contributed by atoms with Crippen molar-refractivity contribution >= 4 is 39.1 Å². The number of para-hydroxylation sites is 1. The van der Waals surface area contributed by atoms with Gasteiger partial charge in [0.1, 0.15) is 6.04 Å². The number of anilines is 1. The van der Waals surface area contributed by atoms with Gasteiger partial charge >= 0.3 is 0 Å². The average Bonchev–Trinajstić information content (AvgIpc) is 2.74. The molecule has 2 amide bonds. The first kappa shape index (κ1) is 27.7. The van der Waals surface area contributed by atoms with Gasteiger partial charge in [0.25, 0.3) is 0 Å². The first-order valence-electron chi connectivity index (χ1n) is 11.3. The van der Waals surface area contributed by atoms with Crippen LogP contribution in [0.4, 0.5) is 5.69 Å². The normalized spacial score (nSPS) is 12.3. The molecule has 1 atom stereocenters. The van der Waals surface area contributed by atoms with E-state index in [1.165, 1.54) is 9.21 Å². The smallest absolute Gasteiger partial charge is 0.242 e. The Morgan fingerprint density at radius 1 is 1.06 bits per heavy atom. The van der Waals surface area contributed by atoms with E-state index >= 15 is 0 Å². The number of nitrogens with zero attached hydrogens (tertiary/aromatic N) is 2. The molecule has 1 N–H and O–H groups in total. The van der Waals surface area contributed by atoms with E-state index in [4.69, 9.17) is 11.6 Å². The number of sulfonamides is 1. The Balaban J connectivity index is 2.18. The molecule has 2 aromatic carbocycles. The molecule has 7 nitrogen and oxygen atoms in total. The fraction of sp³-hybridized carbons (Fsp3) is 0.440. The molecule has 0 aliphatic heterocycles. The van der Waals surface area contributed by atoms with Crippen LogP contribution in [0.3, 0.4) is 0 Å². The summed E-state index contributed by atoms with van der Waals surface area (Å²) in [5.74, 6) is -0.479. The summed E-state index contributed by atoms with van der Waals surface area (Å²) in [5.41, 5.74) is 2.24. The van der Waals surface area contributed by atoms with E-state index in [-0.39, 0.29) is 37.4 Å². The van der Waals surface area contributed by atoms with E-state index in [0.29, 0.717) is 17.1 Å². The topological polar surface area (TPSA) is 86.8 Å². The molecule has 2 rings (SSSR count). The first-order chi connectivity index (χ1) is 15.9. The van der Waals surface area contributed by atoms with Gasteiger partial charge in [0.05, 0.1) is 11.9 Å². The minimum atomic E-state index is -3.53. The second-order valence-corrected chi connectivity index (χ2v) is 11.1. The van der Waals surface area contributed by atoms with E-state index in [9.17, 15) is 18.0 Å². The zero-order valence-electron chi connectivity index (χ0n) is 20.4. The zero-order chi connectivity index (χ0) is 25.5. The molecule has 186 valence electrons.